The van der Waals surface area contributed by atoms with Crippen LogP contribution in [0, 0.1) is 5.92 Å². The van der Waals surface area contributed by atoms with Gasteiger partial charge in [-0.2, -0.15) is 0 Å². The molecule has 0 unspecified atom stereocenters. The van der Waals surface area contributed by atoms with Crippen LogP contribution in [0.3, 0.4) is 0 Å². The van der Waals surface area contributed by atoms with Crippen molar-refractivity contribution in [3.8, 4) is 0 Å². The largest absolute Gasteiger partial charge is 0.326 e. The first-order chi connectivity index (χ1) is 12.0. The summed E-state index contributed by atoms with van der Waals surface area (Å²) in [5.41, 5.74) is 4.05. The number of nitrogens with one attached hydrogen (secondary N) is 2. The van der Waals surface area contributed by atoms with E-state index < -0.39 is 0 Å². The Kier molecular flexibility index (Phi) is 5.53. The molecule has 5 heteroatoms. The minimum atomic E-state index is -0.0373. The lowest BCUT2D eigenvalue weighted by molar-refractivity contribution is -0.116. The normalized spacial score (nSPS) is 13.4. The number of aryl methyl sites for hydroxylation is 1. The first kappa shape index (κ1) is 17.7. The van der Waals surface area contributed by atoms with Gasteiger partial charge in [0, 0.05) is 17.8 Å². The van der Waals surface area contributed by atoms with Crippen molar-refractivity contribution in [2.75, 3.05) is 10.6 Å². The van der Waals surface area contributed by atoms with Gasteiger partial charge in [-0.3, -0.25) is 9.59 Å². The third-order valence-corrected chi connectivity index (χ3v) is 5.40. The lowest BCUT2D eigenvalue weighted by atomic mass is 9.94. The summed E-state index contributed by atoms with van der Waals surface area (Å²) in [5.74, 6) is 0.303. The van der Waals surface area contributed by atoms with E-state index in [0.29, 0.717) is 12.3 Å². The topological polar surface area (TPSA) is 58.2 Å². The Balaban J connectivity index is 1.62. The monoisotopic (exact) mass is 356 g/mol. The molecule has 2 N–H and O–H groups in total. The molecule has 25 heavy (non-hydrogen) atoms. The van der Waals surface area contributed by atoms with E-state index >= 15 is 0 Å². The van der Waals surface area contributed by atoms with Crippen LogP contribution in [0.2, 0.25) is 0 Å². The summed E-state index contributed by atoms with van der Waals surface area (Å²) >= 11 is 1.54. The molecule has 1 aromatic carbocycles. The summed E-state index contributed by atoms with van der Waals surface area (Å²) in [6, 6.07) is 7.28. The Morgan fingerprint density at radius 3 is 2.36 bits per heavy atom. The first-order valence-electron chi connectivity index (χ1n) is 8.83. The standard InChI is InChI=1S/C20H24N2O2S/c1-13(2)11-18(23)21-15-7-9-16(10-8-15)22-20(24)19-17-6-4-3-5-14(17)12-25-19/h7-10,12-13H,3-6,11H2,1-2H3,(H,21,23)(H,22,24). The number of amides is 2. The lowest BCUT2D eigenvalue weighted by Gasteiger charge is -2.13. The first-order valence-corrected chi connectivity index (χ1v) is 9.71. The Hall–Kier alpha value is -2.14. The van der Waals surface area contributed by atoms with Gasteiger partial charge in [-0.1, -0.05) is 13.8 Å². The van der Waals surface area contributed by atoms with Gasteiger partial charge in [0.15, 0.2) is 0 Å². The molecule has 1 aliphatic rings. The van der Waals surface area contributed by atoms with Crippen molar-refractivity contribution < 1.29 is 9.59 Å². The number of benzene rings is 1. The van der Waals surface area contributed by atoms with Crippen LogP contribution in [0.5, 0.6) is 0 Å². The Labute approximate surface area is 152 Å². The van der Waals surface area contributed by atoms with Gasteiger partial charge in [0.2, 0.25) is 5.91 Å². The fourth-order valence-corrected chi connectivity index (χ4v) is 4.17. The van der Waals surface area contributed by atoms with Gasteiger partial charge in [-0.15, -0.1) is 11.3 Å². The smallest absolute Gasteiger partial charge is 0.266 e. The minimum absolute atomic E-state index is 0.0111. The van der Waals surface area contributed by atoms with Crippen molar-refractivity contribution in [2.24, 2.45) is 5.92 Å². The predicted molar refractivity (Wildman–Crippen MR) is 103 cm³/mol. The molecular weight excluding hydrogens is 332 g/mol. The number of hydrogen-bond acceptors (Lipinski definition) is 3. The maximum absolute atomic E-state index is 12.6. The molecule has 3 rings (SSSR count). The van der Waals surface area contributed by atoms with Crippen LogP contribution in [-0.2, 0) is 17.6 Å². The second-order valence-electron chi connectivity index (χ2n) is 6.95. The molecular formula is C20H24N2O2S. The molecule has 0 saturated heterocycles. The number of thiophene rings is 1. The Morgan fingerprint density at radius 2 is 1.68 bits per heavy atom. The number of fused-ring (bicyclic) bond motifs is 1. The quantitative estimate of drug-likeness (QED) is 0.803. The van der Waals surface area contributed by atoms with Gasteiger partial charge in [-0.05, 0) is 72.4 Å². The van der Waals surface area contributed by atoms with Gasteiger partial charge in [-0.25, -0.2) is 0 Å². The van der Waals surface area contributed by atoms with E-state index in [1.54, 1.807) is 11.3 Å². The second kappa shape index (κ2) is 7.83. The summed E-state index contributed by atoms with van der Waals surface area (Å²) in [6.07, 6.45) is 4.97. The van der Waals surface area contributed by atoms with Gasteiger partial charge >= 0.3 is 0 Å². The second-order valence-corrected chi connectivity index (χ2v) is 7.83. The van der Waals surface area contributed by atoms with Crippen molar-refractivity contribution in [3.63, 3.8) is 0 Å². The maximum atomic E-state index is 12.6. The zero-order chi connectivity index (χ0) is 17.8. The molecule has 1 aliphatic carbocycles. The highest BCUT2D eigenvalue weighted by molar-refractivity contribution is 7.12. The van der Waals surface area contributed by atoms with Crippen LogP contribution < -0.4 is 10.6 Å². The van der Waals surface area contributed by atoms with Gasteiger partial charge in [0.25, 0.3) is 5.91 Å². The molecule has 0 saturated carbocycles. The van der Waals surface area contributed by atoms with E-state index in [2.05, 4.69) is 16.0 Å². The van der Waals surface area contributed by atoms with Crippen LogP contribution in [0.15, 0.2) is 29.6 Å². The summed E-state index contributed by atoms with van der Waals surface area (Å²) < 4.78 is 0. The third-order valence-electron chi connectivity index (χ3n) is 4.33. The van der Waals surface area contributed by atoms with E-state index in [0.717, 1.165) is 35.5 Å². The lowest BCUT2D eigenvalue weighted by Crippen LogP contribution is -2.15. The van der Waals surface area contributed by atoms with Gasteiger partial charge in [0.05, 0.1) is 4.88 Å². The molecule has 0 radical (unpaired) electrons. The van der Waals surface area contributed by atoms with Crippen LogP contribution in [0.1, 0.15) is 53.9 Å². The molecule has 2 amide bonds. The molecule has 0 bridgehead atoms. The van der Waals surface area contributed by atoms with Crippen molar-refractivity contribution in [3.05, 3.63) is 45.6 Å². The SMILES string of the molecule is CC(C)CC(=O)Nc1ccc(NC(=O)c2scc3c2CCCC3)cc1. The fourth-order valence-electron chi connectivity index (χ4n) is 3.12. The fraction of sp³-hybridized carbons (Fsp3) is 0.400. The minimum Gasteiger partial charge on any atom is -0.326 e. The van der Waals surface area contributed by atoms with Crippen molar-refractivity contribution in [2.45, 2.75) is 46.0 Å². The van der Waals surface area contributed by atoms with Crippen LogP contribution in [-0.4, -0.2) is 11.8 Å². The summed E-state index contributed by atoms with van der Waals surface area (Å²) in [7, 11) is 0. The summed E-state index contributed by atoms with van der Waals surface area (Å²) in [4.78, 5) is 25.2. The highest BCUT2D eigenvalue weighted by Crippen LogP contribution is 2.30. The molecule has 4 nitrogen and oxygen atoms in total. The zero-order valence-corrected chi connectivity index (χ0v) is 15.5. The molecule has 0 spiro atoms. The van der Waals surface area contributed by atoms with Crippen molar-refractivity contribution >= 4 is 34.5 Å². The Bertz CT molecular complexity index is 763. The number of rotatable bonds is 5. The van der Waals surface area contributed by atoms with Gasteiger partial charge < -0.3 is 10.6 Å². The van der Waals surface area contributed by atoms with E-state index in [4.69, 9.17) is 0 Å². The molecule has 132 valence electrons. The predicted octanol–water partition coefficient (Wildman–Crippen LogP) is 4.86. The molecule has 0 atom stereocenters. The number of carbonyl (C=O) groups is 2. The number of anilines is 2. The highest BCUT2D eigenvalue weighted by Gasteiger charge is 2.20. The number of carbonyl (C=O) groups excluding carboxylic acids is 2. The highest BCUT2D eigenvalue weighted by atomic mass is 32.1. The number of hydrogen-bond donors (Lipinski definition) is 2. The molecule has 2 aromatic rings. The summed E-state index contributed by atoms with van der Waals surface area (Å²) in [6.45, 7) is 4.03. The van der Waals surface area contributed by atoms with E-state index in [1.165, 1.54) is 17.5 Å². The maximum Gasteiger partial charge on any atom is 0.266 e. The molecule has 1 aromatic heterocycles. The molecule has 1 heterocycles. The van der Waals surface area contributed by atoms with Crippen LogP contribution in [0.4, 0.5) is 11.4 Å². The van der Waals surface area contributed by atoms with E-state index in [1.807, 2.05) is 38.1 Å². The van der Waals surface area contributed by atoms with Gasteiger partial charge in [0.1, 0.15) is 0 Å². The van der Waals surface area contributed by atoms with E-state index in [9.17, 15) is 9.59 Å². The molecule has 0 fully saturated rings. The van der Waals surface area contributed by atoms with Crippen molar-refractivity contribution in [1.82, 2.24) is 0 Å². The zero-order valence-electron chi connectivity index (χ0n) is 14.7. The van der Waals surface area contributed by atoms with Crippen LogP contribution in [0.25, 0.3) is 0 Å². The van der Waals surface area contributed by atoms with E-state index in [-0.39, 0.29) is 11.8 Å². The average molecular weight is 356 g/mol. The summed E-state index contributed by atoms with van der Waals surface area (Å²) in [5, 5.41) is 7.96. The molecule has 0 aliphatic heterocycles. The Morgan fingerprint density at radius 1 is 1.04 bits per heavy atom. The average Bonchev–Trinajstić information content (AvgIpc) is 3.00. The van der Waals surface area contributed by atoms with Crippen LogP contribution >= 0.6 is 11.3 Å². The van der Waals surface area contributed by atoms with Crippen molar-refractivity contribution in [1.29, 1.82) is 0 Å². The third kappa shape index (κ3) is 4.48.